The third-order valence-electron chi connectivity index (χ3n) is 3.85. The zero-order chi connectivity index (χ0) is 14.7. The molecule has 1 aromatic heterocycles. The number of hydrogen-bond acceptors (Lipinski definition) is 6. The van der Waals surface area contributed by atoms with E-state index < -0.39 is 0 Å². The van der Waals surface area contributed by atoms with Crippen LogP contribution in [-0.4, -0.2) is 60.5 Å². The van der Waals surface area contributed by atoms with Gasteiger partial charge in [-0.2, -0.15) is 0 Å². The standard InChI is InChI=1S/C14H19N3O4/c1-19-12-2-3-13(16-15-12)21-11-4-6-17(8-11)14(18)10-5-7-20-9-10/h2-3,10-11H,4-9H2,1H3/t10-,11+/m0/s1. The monoisotopic (exact) mass is 293 g/mol. The molecule has 21 heavy (non-hydrogen) atoms. The summed E-state index contributed by atoms with van der Waals surface area (Å²) < 4.78 is 16.0. The van der Waals surface area contributed by atoms with Crippen molar-refractivity contribution >= 4 is 5.91 Å². The summed E-state index contributed by atoms with van der Waals surface area (Å²) in [5, 5.41) is 7.80. The maximum Gasteiger partial charge on any atom is 0.233 e. The molecule has 0 saturated carbocycles. The number of carbonyl (C=O) groups excluding carboxylic acids is 1. The van der Waals surface area contributed by atoms with Gasteiger partial charge in [-0.05, 0) is 6.42 Å². The number of nitrogens with zero attached hydrogens (tertiary/aromatic N) is 3. The highest BCUT2D eigenvalue weighted by Crippen LogP contribution is 2.21. The molecule has 1 amide bonds. The third-order valence-corrected chi connectivity index (χ3v) is 3.85. The second-order valence-electron chi connectivity index (χ2n) is 5.29. The van der Waals surface area contributed by atoms with Crippen molar-refractivity contribution in [1.29, 1.82) is 0 Å². The number of amides is 1. The highest BCUT2D eigenvalue weighted by Gasteiger charge is 2.33. The molecule has 2 aliphatic rings. The molecular formula is C14H19N3O4. The van der Waals surface area contributed by atoms with Gasteiger partial charge in [-0.25, -0.2) is 0 Å². The summed E-state index contributed by atoms with van der Waals surface area (Å²) in [4.78, 5) is 14.1. The molecule has 0 aromatic carbocycles. The minimum atomic E-state index is -0.0287. The van der Waals surface area contributed by atoms with Crippen LogP contribution in [0.2, 0.25) is 0 Å². The third kappa shape index (κ3) is 3.24. The van der Waals surface area contributed by atoms with E-state index in [1.54, 1.807) is 12.1 Å². The van der Waals surface area contributed by atoms with Crippen LogP contribution in [0.3, 0.4) is 0 Å². The van der Waals surface area contributed by atoms with Crippen molar-refractivity contribution in [3.8, 4) is 11.8 Å². The Labute approximate surface area is 123 Å². The zero-order valence-corrected chi connectivity index (χ0v) is 12.0. The van der Waals surface area contributed by atoms with Crippen molar-refractivity contribution < 1.29 is 19.0 Å². The Balaban J connectivity index is 1.52. The lowest BCUT2D eigenvalue weighted by atomic mass is 10.1. The molecule has 2 atom stereocenters. The summed E-state index contributed by atoms with van der Waals surface area (Å²) in [5.41, 5.74) is 0. The Morgan fingerprint density at radius 3 is 2.81 bits per heavy atom. The second kappa shape index (κ2) is 6.26. The molecule has 7 heteroatoms. The van der Waals surface area contributed by atoms with Crippen molar-refractivity contribution in [1.82, 2.24) is 15.1 Å². The lowest BCUT2D eigenvalue weighted by molar-refractivity contribution is -0.134. The van der Waals surface area contributed by atoms with Gasteiger partial charge < -0.3 is 19.1 Å². The van der Waals surface area contributed by atoms with Crippen LogP contribution in [0.5, 0.6) is 11.8 Å². The molecule has 3 heterocycles. The number of ether oxygens (including phenoxy) is 3. The van der Waals surface area contributed by atoms with Gasteiger partial charge >= 0.3 is 0 Å². The predicted molar refractivity (Wildman–Crippen MR) is 73.1 cm³/mol. The number of rotatable bonds is 4. The molecule has 0 N–H and O–H groups in total. The van der Waals surface area contributed by atoms with E-state index in [0.29, 0.717) is 31.5 Å². The van der Waals surface area contributed by atoms with Crippen LogP contribution in [0.4, 0.5) is 0 Å². The number of aromatic nitrogens is 2. The molecule has 0 unspecified atom stereocenters. The maximum atomic E-state index is 12.3. The topological polar surface area (TPSA) is 73.8 Å². The summed E-state index contributed by atoms with van der Waals surface area (Å²) in [5.74, 6) is 1.11. The molecule has 3 rings (SSSR count). The first-order chi connectivity index (χ1) is 10.3. The lowest BCUT2D eigenvalue weighted by Gasteiger charge is -2.19. The summed E-state index contributed by atoms with van der Waals surface area (Å²) >= 11 is 0. The van der Waals surface area contributed by atoms with Crippen LogP contribution in [0.1, 0.15) is 12.8 Å². The summed E-state index contributed by atoms with van der Waals surface area (Å²) in [6.45, 7) is 2.56. The Hall–Kier alpha value is -1.89. The molecule has 0 aliphatic carbocycles. The van der Waals surface area contributed by atoms with Gasteiger partial charge in [0.25, 0.3) is 0 Å². The fourth-order valence-corrected chi connectivity index (χ4v) is 2.66. The van der Waals surface area contributed by atoms with E-state index >= 15 is 0 Å². The van der Waals surface area contributed by atoms with Crippen LogP contribution >= 0.6 is 0 Å². The van der Waals surface area contributed by atoms with E-state index in [-0.39, 0.29) is 17.9 Å². The highest BCUT2D eigenvalue weighted by atomic mass is 16.5. The molecule has 2 saturated heterocycles. The first-order valence-corrected chi connectivity index (χ1v) is 7.17. The van der Waals surface area contributed by atoms with Crippen molar-refractivity contribution in [2.24, 2.45) is 5.92 Å². The Kier molecular flexibility index (Phi) is 4.19. The van der Waals surface area contributed by atoms with E-state index in [4.69, 9.17) is 14.2 Å². The average Bonchev–Trinajstić information content (AvgIpc) is 3.19. The van der Waals surface area contributed by atoms with Crippen molar-refractivity contribution in [3.05, 3.63) is 12.1 Å². The molecule has 0 radical (unpaired) electrons. The van der Waals surface area contributed by atoms with Gasteiger partial charge in [-0.3, -0.25) is 4.79 Å². The molecule has 2 fully saturated rings. The smallest absolute Gasteiger partial charge is 0.233 e. The number of carbonyl (C=O) groups is 1. The van der Waals surface area contributed by atoms with E-state index in [1.807, 2.05) is 4.90 Å². The predicted octanol–water partition coefficient (Wildman–Crippen LogP) is 0.501. The molecule has 0 bridgehead atoms. The van der Waals surface area contributed by atoms with Gasteiger partial charge in [0, 0.05) is 31.7 Å². The first kappa shape index (κ1) is 14.1. The van der Waals surface area contributed by atoms with Crippen LogP contribution in [0.15, 0.2) is 12.1 Å². The number of hydrogen-bond donors (Lipinski definition) is 0. The van der Waals surface area contributed by atoms with E-state index in [1.165, 1.54) is 7.11 Å². The minimum absolute atomic E-state index is 0.0181. The molecule has 2 aliphatic heterocycles. The molecule has 0 spiro atoms. The van der Waals surface area contributed by atoms with Crippen LogP contribution in [0, 0.1) is 5.92 Å². The molecule has 1 aromatic rings. The van der Waals surface area contributed by atoms with E-state index in [2.05, 4.69) is 10.2 Å². The minimum Gasteiger partial charge on any atom is -0.480 e. The first-order valence-electron chi connectivity index (χ1n) is 7.17. The van der Waals surface area contributed by atoms with Crippen LogP contribution < -0.4 is 9.47 Å². The van der Waals surface area contributed by atoms with Gasteiger partial charge in [-0.15, -0.1) is 10.2 Å². The summed E-state index contributed by atoms with van der Waals surface area (Å²) in [6, 6.07) is 3.43. The fourth-order valence-electron chi connectivity index (χ4n) is 2.66. The fraction of sp³-hybridized carbons (Fsp3) is 0.643. The van der Waals surface area contributed by atoms with Gasteiger partial charge in [0.2, 0.25) is 17.7 Å². The molecule has 7 nitrogen and oxygen atoms in total. The van der Waals surface area contributed by atoms with Crippen molar-refractivity contribution in [2.75, 3.05) is 33.4 Å². The normalized spacial score (nSPS) is 25.1. The number of methoxy groups -OCH3 is 1. The van der Waals surface area contributed by atoms with Gasteiger partial charge in [0.1, 0.15) is 6.10 Å². The van der Waals surface area contributed by atoms with Crippen LogP contribution in [-0.2, 0) is 9.53 Å². The Morgan fingerprint density at radius 2 is 2.14 bits per heavy atom. The highest BCUT2D eigenvalue weighted by molar-refractivity contribution is 5.79. The van der Waals surface area contributed by atoms with Crippen molar-refractivity contribution in [3.63, 3.8) is 0 Å². The van der Waals surface area contributed by atoms with E-state index in [9.17, 15) is 4.79 Å². The quantitative estimate of drug-likeness (QED) is 0.805. The SMILES string of the molecule is COc1ccc(O[C@@H]2CCN(C(=O)[C@H]3CCOC3)C2)nn1. The maximum absolute atomic E-state index is 12.3. The van der Waals surface area contributed by atoms with Gasteiger partial charge in [0.05, 0.1) is 26.2 Å². The Bertz CT molecular complexity index is 487. The van der Waals surface area contributed by atoms with Crippen molar-refractivity contribution in [2.45, 2.75) is 18.9 Å². The molecule has 114 valence electrons. The number of likely N-dealkylation sites (tertiary alicyclic amines) is 1. The second-order valence-corrected chi connectivity index (χ2v) is 5.29. The molecular weight excluding hydrogens is 274 g/mol. The lowest BCUT2D eigenvalue weighted by Crippen LogP contribution is -2.36. The summed E-state index contributed by atoms with van der Waals surface area (Å²) in [6.07, 6.45) is 1.61. The average molecular weight is 293 g/mol. The Morgan fingerprint density at radius 1 is 1.33 bits per heavy atom. The zero-order valence-electron chi connectivity index (χ0n) is 12.0. The van der Waals surface area contributed by atoms with Gasteiger partial charge in [0.15, 0.2) is 0 Å². The van der Waals surface area contributed by atoms with Crippen LogP contribution in [0.25, 0.3) is 0 Å². The summed E-state index contributed by atoms with van der Waals surface area (Å²) in [7, 11) is 1.54. The van der Waals surface area contributed by atoms with Gasteiger partial charge in [-0.1, -0.05) is 0 Å². The van der Waals surface area contributed by atoms with E-state index in [0.717, 1.165) is 19.4 Å². The largest absolute Gasteiger partial charge is 0.480 e.